The Bertz CT molecular complexity index is 262. The fraction of sp³-hybridized carbons (Fsp3) is 0.600. The summed E-state index contributed by atoms with van der Waals surface area (Å²) >= 11 is 1.76. The van der Waals surface area contributed by atoms with Crippen LogP contribution in [0.4, 0.5) is 0 Å². The van der Waals surface area contributed by atoms with Crippen LogP contribution >= 0.6 is 11.8 Å². The van der Waals surface area contributed by atoms with Gasteiger partial charge in [0.1, 0.15) is 5.76 Å². The Balaban J connectivity index is 2.13. The molecule has 0 saturated heterocycles. The highest BCUT2D eigenvalue weighted by Crippen LogP contribution is 2.17. The van der Waals surface area contributed by atoms with Gasteiger partial charge in [-0.1, -0.05) is 0 Å². The van der Waals surface area contributed by atoms with Crippen molar-refractivity contribution in [3.8, 4) is 0 Å². The summed E-state index contributed by atoms with van der Waals surface area (Å²) in [6.45, 7) is 2.38. The van der Waals surface area contributed by atoms with E-state index in [2.05, 4.69) is 0 Å². The van der Waals surface area contributed by atoms with Crippen molar-refractivity contribution in [3.63, 3.8) is 0 Å². The second-order valence-electron chi connectivity index (χ2n) is 3.26. The summed E-state index contributed by atoms with van der Waals surface area (Å²) < 4.78 is 5.29. The molecule has 0 aliphatic heterocycles. The number of rotatable bonds is 6. The summed E-state index contributed by atoms with van der Waals surface area (Å²) in [5.41, 5.74) is 6.49. The highest BCUT2D eigenvalue weighted by molar-refractivity contribution is 7.98. The zero-order valence-corrected chi connectivity index (χ0v) is 9.22. The first-order valence-corrected chi connectivity index (χ1v) is 5.88. The first kappa shape index (κ1) is 11.6. The Morgan fingerprint density at radius 3 is 3.00 bits per heavy atom. The molecule has 0 aromatic carbocycles. The molecule has 4 heteroatoms. The summed E-state index contributed by atoms with van der Waals surface area (Å²) in [5, 5.41) is 9.21. The summed E-state index contributed by atoms with van der Waals surface area (Å²) in [6, 6.07) is 1.96. The molecule has 0 spiro atoms. The molecule has 0 radical (unpaired) electrons. The lowest BCUT2D eigenvalue weighted by Gasteiger charge is -2.06. The Morgan fingerprint density at radius 1 is 1.64 bits per heavy atom. The molecule has 1 unspecified atom stereocenters. The van der Waals surface area contributed by atoms with E-state index in [0.717, 1.165) is 23.7 Å². The summed E-state index contributed by atoms with van der Waals surface area (Å²) in [7, 11) is 0. The van der Waals surface area contributed by atoms with E-state index in [1.807, 2.05) is 13.0 Å². The number of nitrogens with two attached hydrogens (primary N) is 1. The van der Waals surface area contributed by atoms with Crippen LogP contribution in [0.1, 0.15) is 17.7 Å². The Morgan fingerprint density at radius 2 is 2.43 bits per heavy atom. The number of aryl methyl sites for hydroxylation is 1. The van der Waals surface area contributed by atoms with Crippen LogP contribution in [0.25, 0.3) is 0 Å². The molecule has 1 atom stereocenters. The molecular formula is C10H17NO2S. The molecule has 1 aromatic heterocycles. The number of furan rings is 1. The van der Waals surface area contributed by atoms with E-state index < -0.39 is 0 Å². The first-order chi connectivity index (χ1) is 6.74. The topological polar surface area (TPSA) is 59.4 Å². The highest BCUT2D eigenvalue weighted by atomic mass is 32.2. The van der Waals surface area contributed by atoms with Gasteiger partial charge in [-0.25, -0.2) is 0 Å². The number of aliphatic hydroxyl groups is 1. The smallest absolute Gasteiger partial charge is 0.116 e. The highest BCUT2D eigenvalue weighted by Gasteiger charge is 2.03. The average Bonchev–Trinajstić information content (AvgIpc) is 2.58. The predicted molar refractivity (Wildman–Crippen MR) is 59.3 cm³/mol. The van der Waals surface area contributed by atoms with Gasteiger partial charge in [-0.15, -0.1) is 0 Å². The van der Waals surface area contributed by atoms with Crippen LogP contribution in [0.15, 0.2) is 16.7 Å². The minimum atomic E-state index is -0.361. The minimum absolute atomic E-state index is 0.348. The van der Waals surface area contributed by atoms with Gasteiger partial charge in [-0.05, 0) is 30.7 Å². The van der Waals surface area contributed by atoms with Crippen LogP contribution < -0.4 is 5.73 Å². The average molecular weight is 215 g/mol. The van der Waals surface area contributed by atoms with E-state index >= 15 is 0 Å². The monoisotopic (exact) mass is 215 g/mol. The fourth-order valence-electron chi connectivity index (χ4n) is 1.05. The second kappa shape index (κ2) is 6.11. The molecule has 3 N–H and O–H groups in total. The van der Waals surface area contributed by atoms with Gasteiger partial charge >= 0.3 is 0 Å². The zero-order valence-electron chi connectivity index (χ0n) is 8.40. The van der Waals surface area contributed by atoms with Gasteiger partial charge in [0.05, 0.1) is 18.1 Å². The van der Waals surface area contributed by atoms with Crippen molar-refractivity contribution in [2.24, 2.45) is 5.73 Å². The van der Waals surface area contributed by atoms with Crippen molar-refractivity contribution >= 4 is 11.8 Å². The lowest BCUT2D eigenvalue weighted by Crippen LogP contribution is -2.20. The van der Waals surface area contributed by atoms with E-state index in [9.17, 15) is 5.11 Å². The van der Waals surface area contributed by atoms with Gasteiger partial charge < -0.3 is 15.3 Å². The molecular weight excluding hydrogens is 198 g/mol. The van der Waals surface area contributed by atoms with Crippen LogP contribution in [0, 0.1) is 6.92 Å². The molecule has 3 nitrogen and oxygen atoms in total. The van der Waals surface area contributed by atoms with E-state index in [1.165, 1.54) is 5.56 Å². The standard InChI is InChI=1S/C10H17NO2S/c1-8-2-4-13-10(8)7-14-5-3-9(12)6-11/h2,4,9,12H,3,5-7,11H2,1H3. The van der Waals surface area contributed by atoms with Crippen molar-refractivity contribution in [3.05, 3.63) is 23.7 Å². The number of thioether (sulfide) groups is 1. The summed E-state index contributed by atoms with van der Waals surface area (Å²) in [5.74, 6) is 2.81. The molecule has 1 aromatic rings. The van der Waals surface area contributed by atoms with E-state index in [1.54, 1.807) is 18.0 Å². The molecule has 80 valence electrons. The number of hydrogen-bond acceptors (Lipinski definition) is 4. The van der Waals surface area contributed by atoms with Crippen molar-refractivity contribution in [2.75, 3.05) is 12.3 Å². The van der Waals surface area contributed by atoms with Crippen molar-refractivity contribution in [1.82, 2.24) is 0 Å². The molecule has 0 fully saturated rings. The summed E-state index contributed by atoms with van der Waals surface area (Å²) in [4.78, 5) is 0. The molecule has 0 saturated carbocycles. The van der Waals surface area contributed by atoms with Crippen LogP contribution in [-0.2, 0) is 5.75 Å². The molecule has 0 bridgehead atoms. The molecule has 0 aliphatic rings. The van der Waals surface area contributed by atoms with Crippen molar-refractivity contribution in [2.45, 2.75) is 25.2 Å². The third-order valence-corrected chi connectivity index (χ3v) is 3.06. The van der Waals surface area contributed by atoms with Gasteiger partial charge in [-0.3, -0.25) is 0 Å². The van der Waals surface area contributed by atoms with E-state index in [4.69, 9.17) is 10.2 Å². The maximum absolute atomic E-state index is 9.21. The van der Waals surface area contributed by atoms with Gasteiger partial charge in [-0.2, -0.15) is 11.8 Å². The molecule has 1 heterocycles. The lowest BCUT2D eigenvalue weighted by molar-refractivity contribution is 0.180. The SMILES string of the molecule is Cc1ccoc1CSCCC(O)CN. The van der Waals surface area contributed by atoms with Crippen molar-refractivity contribution in [1.29, 1.82) is 0 Å². The minimum Gasteiger partial charge on any atom is -0.468 e. The number of aliphatic hydroxyl groups excluding tert-OH is 1. The largest absolute Gasteiger partial charge is 0.468 e. The normalized spacial score (nSPS) is 13.1. The van der Waals surface area contributed by atoms with Crippen LogP contribution in [0.2, 0.25) is 0 Å². The molecule has 1 rings (SSSR count). The van der Waals surface area contributed by atoms with Gasteiger partial charge in [0, 0.05) is 6.54 Å². The predicted octanol–water partition coefficient (Wildman–Crippen LogP) is 1.53. The Kier molecular flexibility index (Phi) is 5.07. The number of hydrogen-bond donors (Lipinski definition) is 2. The van der Waals surface area contributed by atoms with Crippen LogP contribution in [0.3, 0.4) is 0 Å². The van der Waals surface area contributed by atoms with E-state index in [0.29, 0.717) is 6.54 Å². The van der Waals surface area contributed by atoms with Gasteiger partial charge in [0.25, 0.3) is 0 Å². The third-order valence-electron chi connectivity index (χ3n) is 2.07. The van der Waals surface area contributed by atoms with Crippen LogP contribution in [-0.4, -0.2) is 23.5 Å². The zero-order chi connectivity index (χ0) is 10.4. The maximum Gasteiger partial charge on any atom is 0.116 e. The van der Waals surface area contributed by atoms with Gasteiger partial charge in [0.15, 0.2) is 0 Å². The Labute approximate surface area is 88.7 Å². The fourth-order valence-corrected chi connectivity index (χ4v) is 2.12. The Hall–Kier alpha value is -0.450. The van der Waals surface area contributed by atoms with Gasteiger partial charge in [0.2, 0.25) is 0 Å². The van der Waals surface area contributed by atoms with E-state index in [-0.39, 0.29) is 6.10 Å². The summed E-state index contributed by atoms with van der Waals surface area (Å²) in [6.07, 6.45) is 2.10. The van der Waals surface area contributed by atoms with Crippen molar-refractivity contribution < 1.29 is 9.52 Å². The molecule has 14 heavy (non-hydrogen) atoms. The third kappa shape index (κ3) is 3.74. The second-order valence-corrected chi connectivity index (χ2v) is 4.36. The molecule has 0 aliphatic carbocycles. The lowest BCUT2D eigenvalue weighted by atomic mass is 10.3. The quantitative estimate of drug-likeness (QED) is 0.707. The maximum atomic E-state index is 9.21. The first-order valence-electron chi connectivity index (χ1n) is 4.73. The molecule has 0 amide bonds. The van der Waals surface area contributed by atoms with Crippen LogP contribution in [0.5, 0.6) is 0 Å².